The molecule has 0 spiro atoms. The molecular formula is C30H28N2. The molecule has 0 amide bonds. The Balaban J connectivity index is 1.78. The van der Waals surface area contributed by atoms with Gasteiger partial charge in [0.2, 0.25) is 0 Å². The van der Waals surface area contributed by atoms with Crippen LogP contribution in [-0.2, 0) is 0 Å². The Morgan fingerprint density at radius 3 is 1.09 bits per heavy atom. The quantitative estimate of drug-likeness (QED) is 0.273. The molecule has 0 unspecified atom stereocenters. The molecule has 2 nitrogen and oxygen atoms in total. The second kappa shape index (κ2) is 7.56. The van der Waals surface area contributed by atoms with Crippen LogP contribution in [0.5, 0.6) is 0 Å². The highest BCUT2D eigenvalue weighted by Gasteiger charge is 2.13. The lowest BCUT2D eigenvalue weighted by Crippen LogP contribution is -1.96. The molecule has 5 rings (SSSR count). The molecule has 0 aliphatic carbocycles. The molecule has 2 heterocycles. The summed E-state index contributed by atoms with van der Waals surface area (Å²) in [5.74, 6) is 0. The van der Waals surface area contributed by atoms with Crippen LogP contribution < -0.4 is 0 Å². The number of hydrogen-bond acceptors (Lipinski definition) is 2. The van der Waals surface area contributed by atoms with Gasteiger partial charge in [0.1, 0.15) is 0 Å². The first-order chi connectivity index (χ1) is 15.3. The van der Waals surface area contributed by atoms with Crippen molar-refractivity contribution < 1.29 is 0 Å². The predicted molar refractivity (Wildman–Crippen MR) is 136 cm³/mol. The van der Waals surface area contributed by atoms with Crippen LogP contribution >= 0.6 is 0 Å². The molecule has 0 saturated carbocycles. The fourth-order valence-electron chi connectivity index (χ4n) is 5.21. The fourth-order valence-corrected chi connectivity index (χ4v) is 5.21. The van der Waals surface area contributed by atoms with Gasteiger partial charge in [-0.1, -0.05) is 59.7 Å². The lowest BCUT2D eigenvalue weighted by Gasteiger charge is -2.14. The molecule has 32 heavy (non-hydrogen) atoms. The second-order valence-corrected chi connectivity index (χ2v) is 9.15. The first-order valence-corrected chi connectivity index (χ1v) is 11.2. The van der Waals surface area contributed by atoms with Crippen molar-refractivity contribution in [3.63, 3.8) is 0 Å². The Morgan fingerprint density at radius 1 is 0.438 bits per heavy atom. The minimum absolute atomic E-state index is 0.962. The van der Waals surface area contributed by atoms with Gasteiger partial charge >= 0.3 is 0 Å². The Bertz CT molecular complexity index is 1360. The summed E-state index contributed by atoms with van der Waals surface area (Å²) in [6.45, 7) is 13.0. The van der Waals surface area contributed by atoms with E-state index in [1.165, 1.54) is 44.5 Å². The minimum Gasteiger partial charge on any atom is -0.245 e. The van der Waals surface area contributed by atoms with Gasteiger partial charge in [0.05, 0.1) is 22.4 Å². The predicted octanol–water partition coefficient (Wildman–Crippen LogP) is 7.97. The monoisotopic (exact) mass is 416 g/mol. The van der Waals surface area contributed by atoms with Crippen LogP contribution in [0, 0.1) is 41.5 Å². The highest BCUT2D eigenvalue weighted by atomic mass is 14.8. The average Bonchev–Trinajstić information content (AvgIpc) is 2.72. The lowest BCUT2D eigenvalue weighted by atomic mass is 9.96. The topological polar surface area (TPSA) is 25.8 Å². The normalized spacial score (nSPS) is 11.4. The Kier molecular flexibility index (Phi) is 4.82. The molecule has 0 atom stereocenters. The molecule has 0 radical (unpaired) electrons. The summed E-state index contributed by atoms with van der Waals surface area (Å²) in [6, 6.07) is 21.8. The molecule has 158 valence electrons. The van der Waals surface area contributed by atoms with Gasteiger partial charge in [-0.3, -0.25) is 0 Å². The van der Waals surface area contributed by atoms with Crippen LogP contribution in [0.2, 0.25) is 0 Å². The van der Waals surface area contributed by atoms with Gasteiger partial charge in [-0.25, -0.2) is 9.97 Å². The van der Waals surface area contributed by atoms with Crippen LogP contribution in [0.25, 0.3) is 44.3 Å². The van der Waals surface area contributed by atoms with Crippen molar-refractivity contribution in [3.8, 4) is 22.5 Å². The third-order valence-corrected chi connectivity index (χ3v) is 6.39. The average molecular weight is 417 g/mol. The Labute approximate surface area is 190 Å². The first-order valence-electron chi connectivity index (χ1n) is 11.2. The fraction of sp³-hybridized carbons (Fsp3) is 0.200. The summed E-state index contributed by atoms with van der Waals surface area (Å²) in [5, 5.41) is 2.23. The van der Waals surface area contributed by atoms with E-state index in [9.17, 15) is 0 Å². The number of fused-ring (bicyclic) bond motifs is 3. The molecule has 0 bridgehead atoms. The highest BCUT2D eigenvalue weighted by molar-refractivity contribution is 6.04. The van der Waals surface area contributed by atoms with Crippen molar-refractivity contribution in [2.75, 3.05) is 0 Å². The van der Waals surface area contributed by atoms with Crippen LogP contribution in [0.15, 0.2) is 60.7 Å². The Morgan fingerprint density at radius 2 is 0.750 bits per heavy atom. The maximum atomic E-state index is 5.16. The lowest BCUT2D eigenvalue weighted by molar-refractivity contribution is 1.27. The molecule has 0 saturated heterocycles. The molecule has 5 aromatic rings. The summed E-state index contributed by atoms with van der Waals surface area (Å²) in [7, 11) is 0. The van der Waals surface area contributed by atoms with Crippen LogP contribution in [-0.4, -0.2) is 9.97 Å². The van der Waals surface area contributed by atoms with Gasteiger partial charge in [-0.15, -0.1) is 0 Å². The molecule has 0 aliphatic heterocycles. The summed E-state index contributed by atoms with van der Waals surface area (Å²) in [6.07, 6.45) is 0. The zero-order valence-electron chi connectivity index (χ0n) is 19.7. The molecule has 2 heteroatoms. The molecule has 0 aliphatic rings. The van der Waals surface area contributed by atoms with E-state index < -0.39 is 0 Å². The largest absolute Gasteiger partial charge is 0.245 e. The zero-order valence-corrected chi connectivity index (χ0v) is 19.7. The van der Waals surface area contributed by atoms with E-state index in [2.05, 4.69) is 102 Å². The van der Waals surface area contributed by atoms with E-state index in [0.717, 1.165) is 33.2 Å². The zero-order chi connectivity index (χ0) is 22.6. The molecule has 0 fully saturated rings. The number of benzene rings is 3. The van der Waals surface area contributed by atoms with Crippen molar-refractivity contribution in [3.05, 3.63) is 94.0 Å². The van der Waals surface area contributed by atoms with E-state index in [-0.39, 0.29) is 0 Å². The third-order valence-electron chi connectivity index (χ3n) is 6.39. The van der Waals surface area contributed by atoms with Gasteiger partial charge in [0, 0.05) is 21.9 Å². The number of pyridine rings is 2. The highest BCUT2D eigenvalue weighted by Crippen LogP contribution is 2.33. The number of aryl methyl sites for hydroxylation is 6. The van der Waals surface area contributed by atoms with Crippen LogP contribution in [0.3, 0.4) is 0 Å². The molecule has 0 N–H and O–H groups in total. The first kappa shape index (κ1) is 20.4. The van der Waals surface area contributed by atoms with Crippen LogP contribution in [0.4, 0.5) is 0 Å². The summed E-state index contributed by atoms with van der Waals surface area (Å²) < 4.78 is 0. The maximum Gasteiger partial charge on any atom is 0.0972 e. The SMILES string of the molecule is Cc1cc(C)c(-c2ccc3ccc4ccc(-c5c(C)cc(C)cc5C)nc4c3n2)c(C)c1. The van der Waals surface area contributed by atoms with Gasteiger partial charge in [0.15, 0.2) is 0 Å². The maximum absolute atomic E-state index is 5.16. The molecule has 3 aromatic carbocycles. The van der Waals surface area contributed by atoms with E-state index >= 15 is 0 Å². The molecule has 2 aromatic heterocycles. The van der Waals surface area contributed by atoms with Crippen molar-refractivity contribution in [2.24, 2.45) is 0 Å². The number of rotatable bonds is 2. The number of nitrogens with zero attached hydrogens (tertiary/aromatic N) is 2. The second-order valence-electron chi connectivity index (χ2n) is 9.15. The standard InChI is InChI=1S/C30H28N2/c1-17-13-19(3)27(20(4)14-17)25-11-9-23-7-8-24-10-12-26(32-30(24)29(23)31-25)28-21(5)15-18(2)16-22(28)6/h7-16H,1-6H3. The van der Waals surface area contributed by atoms with Crippen molar-refractivity contribution in [1.29, 1.82) is 0 Å². The smallest absolute Gasteiger partial charge is 0.0972 e. The van der Waals surface area contributed by atoms with Crippen molar-refractivity contribution in [2.45, 2.75) is 41.5 Å². The van der Waals surface area contributed by atoms with E-state index in [0.29, 0.717) is 0 Å². The Hall–Kier alpha value is -3.52. The summed E-state index contributed by atoms with van der Waals surface area (Å²) in [4.78, 5) is 10.3. The summed E-state index contributed by atoms with van der Waals surface area (Å²) >= 11 is 0. The van der Waals surface area contributed by atoms with Gasteiger partial charge in [-0.2, -0.15) is 0 Å². The molecular weight excluding hydrogens is 388 g/mol. The summed E-state index contributed by atoms with van der Waals surface area (Å²) in [5.41, 5.74) is 14.0. The van der Waals surface area contributed by atoms with E-state index in [1.807, 2.05) is 0 Å². The van der Waals surface area contributed by atoms with E-state index in [1.54, 1.807) is 0 Å². The number of aromatic nitrogens is 2. The van der Waals surface area contributed by atoms with E-state index in [4.69, 9.17) is 9.97 Å². The van der Waals surface area contributed by atoms with Gasteiger partial charge in [0.25, 0.3) is 0 Å². The minimum atomic E-state index is 0.962. The van der Waals surface area contributed by atoms with Gasteiger partial charge in [-0.05, 0) is 75.9 Å². The van der Waals surface area contributed by atoms with Crippen LogP contribution in [0.1, 0.15) is 33.4 Å². The number of hydrogen-bond donors (Lipinski definition) is 0. The van der Waals surface area contributed by atoms with Crippen molar-refractivity contribution in [1.82, 2.24) is 9.97 Å². The third kappa shape index (κ3) is 3.36. The van der Waals surface area contributed by atoms with Crippen molar-refractivity contribution >= 4 is 21.8 Å². The van der Waals surface area contributed by atoms with Gasteiger partial charge < -0.3 is 0 Å².